The Kier molecular flexibility index (Phi) is 18.7. The van der Waals surface area contributed by atoms with Gasteiger partial charge in [0.1, 0.15) is 0 Å². The van der Waals surface area contributed by atoms with E-state index in [2.05, 4.69) is 186 Å². The second kappa shape index (κ2) is 24.8. The molecule has 0 aromatic carbocycles. The van der Waals surface area contributed by atoms with Gasteiger partial charge in [-0.15, -0.1) is 0 Å². The zero-order chi connectivity index (χ0) is 79.2. The molecule has 0 saturated heterocycles. The average molecular weight is 1580 g/mol. The molecule has 9 saturated carbocycles. The van der Waals surface area contributed by atoms with Crippen molar-refractivity contribution >= 4 is 75.2 Å². The van der Waals surface area contributed by atoms with Crippen LogP contribution in [-0.4, -0.2) is 73.9 Å². The minimum absolute atomic E-state index is 0.000146. The van der Waals surface area contributed by atoms with Gasteiger partial charge in [-0.3, -0.25) is 43.2 Å². The maximum Gasteiger partial charge on any atom is 0.312 e. The predicted octanol–water partition coefficient (Wildman–Crippen LogP) is 20.6. The normalized spacial score (nSPS) is 47.1. The molecule has 15 rings (SSSR count). The number of esters is 3. The van der Waals surface area contributed by atoms with Gasteiger partial charge < -0.3 is 14.2 Å². The molecule has 0 radical (unpaired) electrons. The van der Waals surface area contributed by atoms with Gasteiger partial charge >= 0.3 is 17.9 Å². The highest BCUT2D eigenvalue weighted by Gasteiger charge is 2.76. The van der Waals surface area contributed by atoms with Crippen LogP contribution in [0.3, 0.4) is 0 Å². The van der Waals surface area contributed by atoms with E-state index < -0.39 is 32.5 Å². The molecular weight excluding hydrogens is 1450 g/mol. The Morgan fingerprint density at radius 2 is 0.664 bits per heavy atom. The number of hydrogen-bond donors (Lipinski definition) is 0. The lowest BCUT2D eigenvalue weighted by Crippen LogP contribution is -2.65. The fourth-order valence-corrected chi connectivity index (χ4v) is 31.7. The molecular formula is C94H133IO12. The van der Waals surface area contributed by atoms with E-state index in [-0.39, 0.29) is 171 Å². The Balaban J connectivity index is 0.000000142. The van der Waals surface area contributed by atoms with Crippen LogP contribution in [0.2, 0.25) is 0 Å². The number of allylic oxidation sites excluding steroid dienone is 12. The molecule has 0 heterocycles. The van der Waals surface area contributed by atoms with Crippen molar-refractivity contribution in [3.8, 4) is 0 Å². The lowest BCUT2D eigenvalue weighted by molar-refractivity contribution is -0.192. The van der Waals surface area contributed by atoms with E-state index >= 15 is 0 Å². The summed E-state index contributed by atoms with van der Waals surface area (Å²) in [5.41, 5.74) is -0.302. The third-order valence-corrected chi connectivity index (χ3v) is 37.9. The van der Waals surface area contributed by atoms with Gasteiger partial charge in [0.05, 0.1) is 41.2 Å². The fraction of sp³-hybridized carbons (Fsp3) is 0.777. The summed E-state index contributed by atoms with van der Waals surface area (Å²) >= 11 is 2.21. The second-order valence-corrected chi connectivity index (χ2v) is 45.6. The highest BCUT2D eigenvalue weighted by Crippen LogP contribution is 2.79. The van der Waals surface area contributed by atoms with E-state index in [9.17, 15) is 43.2 Å². The Morgan fingerprint density at radius 3 is 0.991 bits per heavy atom. The third-order valence-electron chi connectivity index (χ3n) is 37.1. The Hall–Kier alpha value is -4.40. The Bertz CT molecular complexity index is 3930. The summed E-state index contributed by atoms with van der Waals surface area (Å²) in [4.78, 5) is 122. The predicted molar refractivity (Wildman–Crippen MR) is 427 cm³/mol. The number of fused-ring (bicyclic) bond motifs is 21. The van der Waals surface area contributed by atoms with Gasteiger partial charge in [-0.2, -0.15) is 0 Å². The molecule has 12 nitrogen and oxygen atoms in total. The average Bonchev–Trinajstić information content (AvgIpc) is 0.679. The van der Waals surface area contributed by atoms with Crippen molar-refractivity contribution in [2.24, 2.45) is 151 Å². The number of Topliss-reactive ketones (excluding diaryl/α,β-unsaturated/α-hetero) is 2. The first-order valence-electron chi connectivity index (χ1n) is 41.6. The van der Waals surface area contributed by atoms with Crippen LogP contribution in [0.25, 0.3) is 0 Å². The summed E-state index contributed by atoms with van der Waals surface area (Å²) in [6, 6.07) is 0. The van der Waals surface area contributed by atoms with Crippen LogP contribution in [0, 0.1) is 151 Å². The lowest BCUT2D eigenvalue weighted by atomic mass is 9.34. The molecule has 15 aliphatic carbocycles. The van der Waals surface area contributed by atoms with Crippen LogP contribution in [0.15, 0.2) is 68.4 Å². The minimum atomic E-state index is -0.554. The topological polar surface area (TPSA) is 181 Å². The molecule has 13 heteroatoms. The fourth-order valence-electron chi connectivity index (χ4n) is 30.4. The van der Waals surface area contributed by atoms with Crippen LogP contribution in [0.1, 0.15) is 287 Å². The zero-order valence-corrected chi connectivity index (χ0v) is 72.5. The van der Waals surface area contributed by atoms with Gasteiger partial charge in [-0.1, -0.05) is 180 Å². The molecule has 0 amide bonds. The zero-order valence-electron chi connectivity index (χ0n) is 70.4. The van der Waals surface area contributed by atoms with Gasteiger partial charge in [0.2, 0.25) is 0 Å². The van der Waals surface area contributed by atoms with Crippen LogP contribution in [0.4, 0.5) is 0 Å². The first-order valence-corrected chi connectivity index (χ1v) is 42.6. The molecule has 21 atom stereocenters. The van der Waals surface area contributed by atoms with Crippen molar-refractivity contribution in [1.82, 2.24) is 0 Å². The maximum atomic E-state index is 14.4. The molecule has 588 valence electrons. The lowest BCUT2D eigenvalue weighted by Gasteiger charge is -2.68. The molecule has 0 aromatic rings. The molecule has 0 spiro atoms. The van der Waals surface area contributed by atoms with E-state index in [1.807, 2.05) is 25.2 Å². The van der Waals surface area contributed by atoms with Crippen LogP contribution >= 0.6 is 22.6 Å². The van der Waals surface area contributed by atoms with Gasteiger partial charge in [0.15, 0.2) is 34.7 Å². The van der Waals surface area contributed by atoms with Crippen molar-refractivity contribution in [3.05, 3.63) is 68.4 Å². The minimum Gasteiger partial charge on any atom is -0.469 e. The van der Waals surface area contributed by atoms with E-state index in [0.717, 1.165) is 144 Å². The Morgan fingerprint density at radius 1 is 0.374 bits per heavy atom. The van der Waals surface area contributed by atoms with Gasteiger partial charge in [-0.25, -0.2) is 0 Å². The van der Waals surface area contributed by atoms with Gasteiger partial charge in [0.25, 0.3) is 0 Å². The van der Waals surface area contributed by atoms with Crippen molar-refractivity contribution in [2.45, 2.75) is 287 Å². The number of methoxy groups -OCH3 is 3. The smallest absolute Gasteiger partial charge is 0.312 e. The monoisotopic (exact) mass is 1580 g/mol. The molecule has 0 aliphatic heterocycles. The molecule has 0 aromatic heterocycles. The maximum absolute atomic E-state index is 14.4. The number of ketones is 6. The largest absolute Gasteiger partial charge is 0.469 e. The van der Waals surface area contributed by atoms with Crippen molar-refractivity contribution in [1.29, 1.82) is 0 Å². The summed E-state index contributed by atoms with van der Waals surface area (Å²) in [5.74, 6) is 0.930. The molecule has 9 fully saturated rings. The number of carbonyl (C=O) groups excluding carboxylic acids is 9. The SMILES string of the molecule is COC(=O)[C@]12CCC(C)(C)C[C@H]1[C@H]1C(=O)C=C3[C@@]4(C)C=C(C)C(=O)C(C)(C)[C@@H]4CC[C@@]3(C)[C@]1(C)CC2.COC(=O)[C@]12CCC(C)(C)C[C@H]1[C@H]1C(=O)C=C3[C@@]4(C)C=C(I)C(=O)C(C)(C)[C@@H]4CC[C@@]3(C)[C@]1(C)CC2.COC(=O)[C@]12CCC(C)(C)C[C@H]1[C@H]1C(=O)C=C3[C@@]4(C)C=CC(=O)C(C)(C)[C@@H]4CC[C@@]3(C)[C@]1(C)CC2. The van der Waals surface area contributed by atoms with Crippen molar-refractivity contribution in [2.75, 3.05) is 21.3 Å². The highest BCUT2D eigenvalue weighted by atomic mass is 127. The van der Waals surface area contributed by atoms with Crippen molar-refractivity contribution in [3.63, 3.8) is 0 Å². The summed E-state index contributed by atoms with van der Waals surface area (Å²) in [6.07, 6.45) is 33.0. The summed E-state index contributed by atoms with van der Waals surface area (Å²) in [7, 11) is 4.52. The number of rotatable bonds is 3. The summed E-state index contributed by atoms with van der Waals surface area (Å²) < 4.78 is 17.1. The van der Waals surface area contributed by atoms with E-state index in [1.54, 1.807) is 6.08 Å². The first-order chi connectivity index (χ1) is 49.1. The first kappa shape index (κ1) is 80.6. The second-order valence-electron chi connectivity index (χ2n) is 44.4. The summed E-state index contributed by atoms with van der Waals surface area (Å²) in [5, 5.41) is 0. The third kappa shape index (κ3) is 10.7. The number of carbonyl (C=O) groups is 9. The molecule has 0 N–H and O–H groups in total. The molecule has 0 bridgehead atoms. The standard InChI is InChI=1S/C32H46O4.C31H43IO4.C31H44O4/c1-19-17-29(6)22(28(4,5)25(19)34)10-11-30(7)23(29)16-21(33)24-20-18-27(2,3)12-14-32(20,26(35)36-9)15-13-31(24,30)8;1-26(2)11-13-31(25(35)36-8)14-12-30(7)23(18(31)16-26)20(33)15-22-28(5)17-19(32)24(34)27(3,4)21(28)9-10-29(22,30)6;1-26(2)13-15-31(25(34)35-8)16-14-30(7)24(19(31)18-26)20(32)17-22-28(5)11-10-23(33)27(3,4)21(28)9-12-29(22,30)6/h16-17,20,22,24H,10-15,18H2,1-9H3;15,17-18,21,23H,9-14,16H2,1-8H3;10-11,17,19,21,24H,9,12-16,18H2,1-8H3/t20-,22-,24-,29-,30+,31+,32-;18-,21-,23-,28-,29+,30+,31-;19-,21-,24-,28-,29+,30+,31-/m000/s1. The molecule has 0 unspecified atom stereocenters. The summed E-state index contributed by atoms with van der Waals surface area (Å²) in [6.45, 7) is 49.3. The number of hydrogen-bond acceptors (Lipinski definition) is 12. The number of ether oxygens (including phenoxy) is 3. The molecule has 15 aliphatic rings. The van der Waals surface area contributed by atoms with E-state index in [1.165, 1.54) is 38.0 Å². The van der Waals surface area contributed by atoms with Crippen LogP contribution in [0.5, 0.6) is 0 Å². The number of halogens is 1. The highest BCUT2D eigenvalue weighted by molar-refractivity contribution is 14.1. The van der Waals surface area contributed by atoms with Gasteiger partial charge in [-0.05, 0) is 278 Å². The van der Waals surface area contributed by atoms with Crippen LogP contribution in [-0.2, 0) is 57.4 Å². The van der Waals surface area contributed by atoms with E-state index in [4.69, 9.17) is 14.2 Å². The molecule has 107 heavy (non-hydrogen) atoms. The van der Waals surface area contributed by atoms with Crippen molar-refractivity contribution < 1.29 is 57.4 Å². The van der Waals surface area contributed by atoms with Gasteiger partial charge in [0, 0.05) is 50.2 Å². The van der Waals surface area contributed by atoms with Crippen LogP contribution < -0.4 is 0 Å². The quantitative estimate of drug-likeness (QED) is 0.148. The van der Waals surface area contributed by atoms with E-state index in [0.29, 0.717) is 0 Å². The Labute approximate surface area is 656 Å².